The molecule has 1 aliphatic carbocycles. The summed E-state index contributed by atoms with van der Waals surface area (Å²) in [4.78, 5) is 25.9. The zero-order valence-electron chi connectivity index (χ0n) is 17.5. The average Bonchev–Trinajstić information content (AvgIpc) is 2.79. The highest BCUT2D eigenvalue weighted by Crippen LogP contribution is 2.45. The van der Waals surface area contributed by atoms with E-state index >= 15 is 0 Å². The van der Waals surface area contributed by atoms with E-state index in [0.29, 0.717) is 23.3 Å². The first-order chi connectivity index (χ1) is 15.0. The lowest BCUT2D eigenvalue weighted by Gasteiger charge is -2.30. The van der Waals surface area contributed by atoms with Gasteiger partial charge in [-0.25, -0.2) is 0 Å². The van der Waals surface area contributed by atoms with Gasteiger partial charge in [-0.2, -0.15) is 0 Å². The lowest BCUT2D eigenvalue weighted by molar-refractivity contribution is -0.151. The third-order valence-electron chi connectivity index (χ3n) is 5.79. The van der Waals surface area contributed by atoms with Crippen molar-refractivity contribution in [1.82, 2.24) is 0 Å². The van der Waals surface area contributed by atoms with Gasteiger partial charge in [0, 0.05) is 16.9 Å². The summed E-state index contributed by atoms with van der Waals surface area (Å²) in [6, 6.07) is 18.7. The van der Waals surface area contributed by atoms with Crippen molar-refractivity contribution in [3.8, 4) is 11.5 Å². The second kappa shape index (κ2) is 8.64. The fourth-order valence-corrected chi connectivity index (χ4v) is 4.35. The van der Waals surface area contributed by atoms with Gasteiger partial charge in [-0.15, -0.1) is 0 Å². The van der Waals surface area contributed by atoms with Crippen molar-refractivity contribution in [1.29, 1.82) is 0 Å². The van der Waals surface area contributed by atoms with Crippen LogP contribution in [0.4, 0.5) is 0 Å². The van der Waals surface area contributed by atoms with E-state index in [2.05, 4.69) is 0 Å². The van der Waals surface area contributed by atoms with Gasteiger partial charge in [0.05, 0.1) is 13.7 Å². The second-order valence-corrected chi connectivity index (χ2v) is 7.54. The van der Waals surface area contributed by atoms with E-state index in [9.17, 15) is 14.7 Å². The number of para-hydroxylation sites is 1. The number of carbonyl (C=O) groups excluding carboxylic acids is 2. The molecule has 3 aromatic rings. The molecule has 5 heteroatoms. The van der Waals surface area contributed by atoms with Crippen LogP contribution in [0.3, 0.4) is 0 Å². The fraction of sp³-hybridized carbons (Fsp3) is 0.231. The number of ether oxygens (including phenoxy) is 2. The maximum Gasteiger partial charge on any atom is 0.317 e. The average molecular weight is 416 g/mol. The van der Waals surface area contributed by atoms with E-state index in [4.69, 9.17) is 9.47 Å². The molecular weight excluding hydrogens is 392 g/mol. The molecule has 0 saturated carbocycles. The van der Waals surface area contributed by atoms with Gasteiger partial charge < -0.3 is 14.6 Å². The molecule has 0 aromatic heterocycles. The van der Waals surface area contributed by atoms with Gasteiger partial charge in [0.15, 0.2) is 5.78 Å². The van der Waals surface area contributed by atoms with Crippen LogP contribution in [0.5, 0.6) is 11.5 Å². The monoisotopic (exact) mass is 416 g/mol. The van der Waals surface area contributed by atoms with Gasteiger partial charge in [-0.1, -0.05) is 54.6 Å². The van der Waals surface area contributed by atoms with Gasteiger partial charge in [-0.05, 0) is 42.0 Å². The van der Waals surface area contributed by atoms with Crippen LogP contribution in [0.25, 0.3) is 16.3 Å². The predicted molar refractivity (Wildman–Crippen MR) is 119 cm³/mol. The Kier molecular flexibility index (Phi) is 5.76. The second-order valence-electron chi connectivity index (χ2n) is 7.54. The number of allylic oxidation sites excluding steroid dienone is 2. The Bertz CT molecular complexity index is 1180. The summed E-state index contributed by atoms with van der Waals surface area (Å²) in [6.45, 7) is 1.92. The van der Waals surface area contributed by atoms with Gasteiger partial charge in [0.1, 0.15) is 17.4 Å². The summed E-state index contributed by atoms with van der Waals surface area (Å²) >= 11 is 0. The van der Waals surface area contributed by atoms with E-state index in [1.54, 1.807) is 14.0 Å². The Labute approximate surface area is 180 Å². The molecule has 4 rings (SSSR count). The number of phenols is 1. The summed E-state index contributed by atoms with van der Waals surface area (Å²) in [5.41, 5.74) is 2.04. The van der Waals surface area contributed by atoms with E-state index in [1.807, 2.05) is 60.7 Å². The molecule has 0 fully saturated rings. The number of hydrogen-bond acceptors (Lipinski definition) is 5. The number of fused-ring (bicyclic) bond motifs is 1. The summed E-state index contributed by atoms with van der Waals surface area (Å²) in [5.74, 6) is -1.55. The normalized spacial score (nSPS) is 18.5. The molecule has 0 saturated heterocycles. The minimum atomic E-state index is -0.956. The third kappa shape index (κ3) is 3.79. The van der Waals surface area contributed by atoms with Crippen molar-refractivity contribution < 1.29 is 24.2 Å². The lowest BCUT2D eigenvalue weighted by Crippen LogP contribution is -2.34. The molecular formula is C26H24O5. The highest BCUT2D eigenvalue weighted by Gasteiger charge is 2.41. The Balaban J connectivity index is 1.83. The van der Waals surface area contributed by atoms with Crippen molar-refractivity contribution in [3.05, 3.63) is 77.9 Å². The number of carbonyl (C=O) groups is 2. The molecule has 31 heavy (non-hydrogen) atoms. The molecule has 0 radical (unpaired) electrons. The van der Waals surface area contributed by atoms with Crippen molar-refractivity contribution in [2.45, 2.75) is 19.3 Å². The van der Waals surface area contributed by atoms with Crippen LogP contribution in [-0.2, 0) is 14.3 Å². The summed E-state index contributed by atoms with van der Waals surface area (Å²) < 4.78 is 10.7. The zero-order chi connectivity index (χ0) is 22.0. The molecule has 0 bridgehead atoms. The molecule has 5 nitrogen and oxygen atoms in total. The number of aromatic hydroxyl groups is 1. The molecule has 3 aromatic carbocycles. The number of hydrogen-bond donors (Lipinski definition) is 1. The molecule has 2 unspecified atom stereocenters. The van der Waals surface area contributed by atoms with Crippen LogP contribution < -0.4 is 4.74 Å². The Hall–Kier alpha value is -3.60. The van der Waals surface area contributed by atoms with E-state index < -0.39 is 17.8 Å². The summed E-state index contributed by atoms with van der Waals surface area (Å²) in [6.07, 6.45) is 1.86. The summed E-state index contributed by atoms with van der Waals surface area (Å²) in [5, 5.41) is 12.6. The maximum absolute atomic E-state index is 13.2. The largest absolute Gasteiger partial charge is 0.507 e. The van der Waals surface area contributed by atoms with Gasteiger partial charge in [0.25, 0.3) is 0 Å². The molecule has 2 atom stereocenters. The predicted octanol–water partition coefficient (Wildman–Crippen LogP) is 4.87. The van der Waals surface area contributed by atoms with Crippen molar-refractivity contribution in [2.75, 3.05) is 13.7 Å². The lowest BCUT2D eigenvalue weighted by atomic mass is 9.73. The number of benzene rings is 3. The molecule has 1 aliphatic rings. The SMILES string of the molecule is CCOC(=O)C1C(=O)C=C(c2ccc3ccccc3c2O)CC1c1ccccc1OC. The van der Waals surface area contributed by atoms with Crippen LogP contribution in [-0.4, -0.2) is 30.6 Å². The molecule has 0 aliphatic heterocycles. The van der Waals surface area contributed by atoms with Crippen LogP contribution in [0.2, 0.25) is 0 Å². The van der Waals surface area contributed by atoms with Crippen LogP contribution >= 0.6 is 0 Å². The first-order valence-electron chi connectivity index (χ1n) is 10.3. The van der Waals surface area contributed by atoms with Gasteiger partial charge in [0.2, 0.25) is 0 Å². The smallest absolute Gasteiger partial charge is 0.317 e. The minimum Gasteiger partial charge on any atom is -0.507 e. The topological polar surface area (TPSA) is 72.8 Å². The molecule has 0 spiro atoms. The van der Waals surface area contributed by atoms with Crippen LogP contribution in [0.1, 0.15) is 30.4 Å². The Morgan fingerprint density at radius 3 is 2.58 bits per heavy atom. The Morgan fingerprint density at radius 1 is 1.06 bits per heavy atom. The maximum atomic E-state index is 13.2. The van der Waals surface area contributed by atoms with Gasteiger partial charge >= 0.3 is 5.97 Å². The highest BCUT2D eigenvalue weighted by atomic mass is 16.5. The molecule has 1 N–H and O–H groups in total. The number of esters is 1. The third-order valence-corrected chi connectivity index (χ3v) is 5.79. The molecule has 0 heterocycles. The van der Waals surface area contributed by atoms with E-state index in [-0.39, 0.29) is 18.1 Å². The fourth-order valence-electron chi connectivity index (χ4n) is 4.35. The first-order valence-corrected chi connectivity index (χ1v) is 10.3. The quantitative estimate of drug-likeness (QED) is 0.474. The first kappa shape index (κ1) is 20.7. The number of rotatable bonds is 5. The minimum absolute atomic E-state index is 0.130. The van der Waals surface area contributed by atoms with Crippen molar-refractivity contribution >= 4 is 28.1 Å². The van der Waals surface area contributed by atoms with Crippen molar-refractivity contribution in [3.63, 3.8) is 0 Å². The van der Waals surface area contributed by atoms with Crippen LogP contribution in [0, 0.1) is 5.92 Å². The molecule has 0 amide bonds. The van der Waals surface area contributed by atoms with Crippen LogP contribution in [0.15, 0.2) is 66.7 Å². The summed E-state index contributed by atoms with van der Waals surface area (Å²) in [7, 11) is 1.56. The Morgan fingerprint density at radius 2 is 1.81 bits per heavy atom. The number of phenolic OH excluding ortho intramolecular Hbond substituents is 1. The van der Waals surface area contributed by atoms with E-state index in [1.165, 1.54) is 6.08 Å². The van der Waals surface area contributed by atoms with Gasteiger partial charge in [-0.3, -0.25) is 9.59 Å². The number of ketones is 1. The van der Waals surface area contributed by atoms with E-state index in [0.717, 1.165) is 16.3 Å². The zero-order valence-corrected chi connectivity index (χ0v) is 17.5. The standard InChI is InChI=1S/C26H24O5/c1-3-31-26(29)24-21(20-10-6-7-11-23(20)30-2)14-17(15-22(24)27)19-13-12-16-8-4-5-9-18(16)25(19)28/h4-13,15,21,24,28H,3,14H2,1-2H3. The molecule has 158 valence electrons. The van der Waals surface area contributed by atoms with Crippen molar-refractivity contribution in [2.24, 2.45) is 5.92 Å². The highest BCUT2D eigenvalue weighted by molar-refractivity contribution is 6.11. The number of methoxy groups -OCH3 is 1.